The lowest BCUT2D eigenvalue weighted by Crippen LogP contribution is -2.22. The second-order valence-electron chi connectivity index (χ2n) is 6.54. The van der Waals surface area contributed by atoms with Crippen LogP contribution in [0, 0.1) is 0 Å². The quantitative estimate of drug-likeness (QED) is 0.746. The Labute approximate surface area is 160 Å². The molecule has 0 radical (unpaired) electrons. The van der Waals surface area contributed by atoms with E-state index in [9.17, 15) is 9.59 Å². The molecule has 6 nitrogen and oxygen atoms in total. The van der Waals surface area contributed by atoms with Gasteiger partial charge in [0.15, 0.2) is 0 Å². The average molecular weight is 369 g/mol. The Bertz CT molecular complexity index is 755. The Hall–Kier alpha value is -3.02. The summed E-state index contributed by atoms with van der Waals surface area (Å²) >= 11 is 0. The second-order valence-corrected chi connectivity index (χ2v) is 6.54. The van der Waals surface area contributed by atoms with Crippen LogP contribution in [0.5, 0.6) is 5.75 Å². The van der Waals surface area contributed by atoms with E-state index in [0.717, 1.165) is 17.9 Å². The zero-order valence-corrected chi connectivity index (χ0v) is 16.3. The van der Waals surface area contributed by atoms with Crippen LogP contribution >= 0.6 is 0 Å². The van der Waals surface area contributed by atoms with Crippen LogP contribution in [0.25, 0.3) is 0 Å². The number of nitrogens with one attached hydrogen (secondary N) is 2. The van der Waals surface area contributed by atoms with E-state index in [-0.39, 0.29) is 24.5 Å². The minimum absolute atomic E-state index is 0.0738. The molecular formula is C21H27N3O3. The molecule has 0 heterocycles. The fourth-order valence-corrected chi connectivity index (χ4v) is 2.31. The molecule has 2 N–H and O–H groups in total. The van der Waals surface area contributed by atoms with Gasteiger partial charge in [-0.2, -0.15) is 0 Å². The smallest absolute Gasteiger partial charge is 0.253 e. The number of benzene rings is 2. The van der Waals surface area contributed by atoms with Crippen LogP contribution < -0.4 is 15.4 Å². The number of hydrogen-bond donors (Lipinski definition) is 2. The van der Waals surface area contributed by atoms with Gasteiger partial charge >= 0.3 is 0 Å². The van der Waals surface area contributed by atoms with E-state index in [2.05, 4.69) is 17.6 Å². The number of anilines is 2. The Morgan fingerprint density at radius 1 is 1.00 bits per heavy atom. The molecular weight excluding hydrogens is 342 g/mol. The van der Waals surface area contributed by atoms with Gasteiger partial charge in [0.2, 0.25) is 5.91 Å². The molecule has 0 aliphatic rings. The second kappa shape index (κ2) is 9.62. The van der Waals surface area contributed by atoms with Gasteiger partial charge < -0.3 is 20.3 Å². The van der Waals surface area contributed by atoms with Gasteiger partial charge in [0.1, 0.15) is 5.75 Å². The first-order valence-corrected chi connectivity index (χ1v) is 9.01. The molecule has 27 heavy (non-hydrogen) atoms. The lowest BCUT2D eigenvalue weighted by molar-refractivity contribution is -0.114. The molecule has 2 aromatic carbocycles. The molecule has 0 aliphatic carbocycles. The molecule has 0 bridgehead atoms. The van der Waals surface area contributed by atoms with E-state index in [0.29, 0.717) is 11.3 Å². The van der Waals surface area contributed by atoms with Crippen LogP contribution in [-0.4, -0.2) is 43.5 Å². The summed E-state index contributed by atoms with van der Waals surface area (Å²) in [5, 5.41) is 5.88. The molecule has 144 valence electrons. The van der Waals surface area contributed by atoms with Crippen molar-refractivity contribution in [3.05, 3.63) is 54.1 Å². The predicted octanol–water partition coefficient (Wildman–Crippen LogP) is 3.62. The van der Waals surface area contributed by atoms with Crippen molar-refractivity contribution in [2.24, 2.45) is 0 Å². The monoisotopic (exact) mass is 369 g/mol. The summed E-state index contributed by atoms with van der Waals surface area (Å²) < 4.78 is 5.73. The fourth-order valence-electron chi connectivity index (χ4n) is 2.31. The van der Waals surface area contributed by atoms with E-state index in [4.69, 9.17) is 4.74 Å². The number of hydrogen-bond acceptors (Lipinski definition) is 4. The molecule has 0 spiro atoms. The highest BCUT2D eigenvalue weighted by Crippen LogP contribution is 2.17. The minimum atomic E-state index is -0.165. The lowest BCUT2D eigenvalue weighted by atomic mass is 10.2. The normalized spacial score (nSPS) is 11.4. The summed E-state index contributed by atoms with van der Waals surface area (Å²) in [5.74, 6) is 0.573. The van der Waals surface area contributed by atoms with Crippen LogP contribution in [-0.2, 0) is 4.79 Å². The summed E-state index contributed by atoms with van der Waals surface area (Å²) in [6, 6.07) is 14.4. The Balaban J connectivity index is 1.83. The maximum atomic E-state index is 12.1. The third-order valence-electron chi connectivity index (χ3n) is 4.04. The topological polar surface area (TPSA) is 70.7 Å². The molecule has 0 saturated heterocycles. The Morgan fingerprint density at radius 2 is 1.59 bits per heavy atom. The predicted molar refractivity (Wildman–Crippen MR) is 108 cm³/mol. The van der Waals surface area contributed by atoms with E-state index in [1.165, 1.54) is 4.90 Å². The van der Waals surface area contributed by atoms with Gasteiger partial charge in [0.25, 0.3) is 5.91 Å². The molecule has 1 unspecified atom stereocenters. The Morgan fingerprint density at radius 3 is 2.15 bits per heavy atom. The first-order valence-electron chi connectivity index (χ1n) is 9.01. The first kappa shape index (κ1) is 20.3. The van der Waals surface area contributed by atoms with Gasteiger partial charge in [0.05, 0.1) is 12.6 Å². The van der Waals surface area contributed by atoms with Crippen LogP contribution in [0.2, 0.25) is 0 Å². The molecule has 0 aromatic heterocycles. The largest absolute Gasteiger partial charge is 0.491 e. The molecule has 2 aromatic rings. The molecule has 6 heteroatoms. The summed E-state index contributed by atoms with van der Waals surface area (Å²) in [6.45, 7) is 4.25. The highest BCUT2D eigenvalue weighted by Gasteiger charge is 2.08. The highest BCUT2D eigenvalue weighted by atomic mass is 16.5. The third kappa shape index (κ3) is 6.33. The standard InChI is InChI=1S/C21H27N3O3/c1-5-15(2)27-19-12-10-17(11-13-19)22-14-20(25)23-18-8-6-16(7-9-18)21(26)24(3)4/h6-13,15,22H,5,14H2,1-4H3,(H,23,25). The van der Waals surface area contributed by atoms with Crippen molar-refractivity contribution in [1.29, 1.82) is 0 Å². The van der Waals surface area contributed by atoms with Gasteiger partial charge in [-0.25, -0.2) is 0 Å². The van der Waals surface area contributed by atoms with Crippen molar-refractivity contribution in [3.8, 4) is 5.75 Å². The van der Waals surface area contributed by atoms with Crippen LogP contribution in [0.4, 0.5) is 11.4 Å². The molecule has 0 saturated carbocycles. The van der Waals surface area contributed by atoms with E-state index >= 15 is 0 Å². The van der Waals surface area contributed by atoms with Gasteiger partial charge in [0, 0.05) is 31.0 Å². The highest BCUT2D eigenvalue weighted by molar-refractivity contribution is 5.96. The van der Waals surface area contributed by atoms with Crippen molar-refractivity contribution >= 4 is 23.2 Å². The lowest BCUT2D eigenvalue weighted by Gasteiger charge is -2.13. The molecule has 0 fully saturated rings. The van der Waals surface area contributed by atoms with Crippen molar-refractivity contribution in [3.63, 3.8) is 0 Å². The maximum Gasteiger partial charge on any atom is 0.253 e. The van der Waals surface area contributed by atoms with Gasteiger partial charge in [-0.3, -0.25) is 9.59 Å². The molecule has 0 aliphatic heterocycles. The van der Waals surface area contributed by atoms with Crippen molar-refractivity contribution in [2.45, 2.75) is 26.4 Å². The number of carbonyl (C=O) groups is 2. The summed E-state index contributed by atoms with van der Waals surface area (Å²) in [7, 11) is 3.40. The molecule has 1 atom stereocenters. The fraction of sp³-hybridized carbons (Fsp3) is 0.333. The first-order chi connectivity index (χ1) is 12.9. The van der Waals surface area contributed by atoms with E-state index in [1.807, 2.05) is 31.2 Å². The summed E-state index contributed by atoms with van der Waals surface area (Å²) in [6.07, 6.45) is 1.12. The zero-order valence-electron chi connectivity index (χ0n) is 16.3. The number of rotatable bonds is 8. The van der Waals surface area contributed by atoms with Crippen LogP contribution in [0.3, 0.4) is 0 Å². The Kier molecular flexibility index (Phi) is 7.23. The van der Waals surface area contributed by atoms with E-state index in [1.54, 1.807) is 38.4 Å². The van der Waals surface area contributed by atoms with Crippen molar-refractivity contribution in [1.82, 2.24) is 4.90 Å². The van der Waals surface area contributed by atoms with Gasteiger partial charge in [-0.15, -0.1) is 0 Å². The number of carbonyl (C=O) groups excluding carboxylic acids is 2. The third-order valence-corrected chi connectivity index (χ3v) is 4.04. The van der Waals surface area contributed by atoms with Crippen molar-refractivity contribution < 1.29 is 14.3 Å². The summed E-state index contributed by atoms with van der Waals surface area (Å²) in [4.78, 5) is 25.5. The van der Waals surface area contributed by atoms with Gasteiger partial charge in [-0.05, 0) is 61.9 Å². The van der Waals surface area contributed by atoms with Gasteiger partial charge in [-0.1, -0.05) is 6.92 Å². The SMILES string of the molecule is CCC(C)Oc1ccc(NCC(=O)Nc2ccc(C(=O)N(C)C)cc2)cc1. The summed E-state index contributed by atoms with van der Waals surface area (Å²) in [5.41, 5.74) is 2.07. The van der Waals surface area contributed by atoms with Crippen molar-refractivity contribution in [2.75, 3.05) is 31.3 Å². The molecule has 2 rings (SSSR count). The maximum absolute atomic E-state index is 12.1. The number of ether oxygens (including phenoxy) is 1. The number of amides is 2. The van der Waals surface area contributed by atoms with Crippen LogP contribution in [0.1, 0.15) is 30.6 Å². The minimum Gasteiger partial charge on any atom is -0.491 e. The molecule has 2 amide bonds. The average Bonchev–Trinajstić information content (AvgIpc) is 2.67. The zero-order chi connectivity index (χ0) is 19.8. The number of nitrogens with zero attached hydrogens (tertiary/aromatic N) is 1. The van der Waals surface area contributed by atoms with E-state index < -0.39 is 0 Å². The van der Waals surface area contributed by atoms with Crippen LogP contribution in [0.15, 0.2) is 48.5 Å².